The van der Waals surface area contributed by atoms with Crippen LogP contribution in [0.3, 0.4) is 0 Å². The second-order valence-corrected chi connectivity index (χ2v) is 4.72. The molecule has 2 aromatic heterocycles. The van der Waals surface area contributed by atoms with E-state index in [9.17, 15) is 4.79 Å². The average Bonchev–Trinajstić information content (AvgIpc) is 2.69. The number of carbonyl (C=O) groups is 1. The van der Waals surface area contributed by atoms with Crippen molar-refractivity contribution in [3.05, 3.63) is 46.5 Å². The first kappa shape index (κ1) is 15.1. The summed E-state index contributed by atoms with van der Waals surface area (Å²) < 4.78 is 7.20. The highest BCUT2D eigenvalue weighted by atomic mass is 35.5. The van der Waals surface area contributed by atoms with E-state index < -0.39 is 5.97 Å². The Kier molecular flexibility index (Phi) is 4.59. The predicted molar refractivity (Wildman–Crippen MR) is 78.2 cm³/mol. The van der Waals surface area contributed by atoms with Gasteiger partial charge in [-0.2, -0.15) is 5.10 Å². The Morgan fingerprint density at radius 2 is 2.29 bits per heavy atom. The van der Waals surface area contributed by atoms with Crippen LogP contribution in [0, 0.1) is 6.92 Å². The van der Waals surface area contributed by atoms with Crippen molar-refractivity contribution in [2.75, 3.05) is 0 Å². The first-order valence-corrected chi connectivity index (χ1v) is 6.53. The zero-order valence-electron chi connectivity index (χ0n) is 11.6. The van der Waals surface area contributed by atoms with Gasteiger partial charge in [0.25, 0.3) is 0 Å². The van der Waals surface area contributed by atoms with Crippen molar-refractivity contribution in [1.29, 1.82) is 0 Å². The molecule has 110 valence electrons. The van der Waals surface area contributed by atoms with Gasteiger partial charge in [0.2, 0.25) is 0 Å². The van der Waals surface area contributed by atoms with Gasteiger partial charge in [0, 0.05) is 18.7 Å². The van der Waals surface area contributed by atoms with E-state index in [1.807, 2.05) is 6.92 Å². The van der Waals surface area contributed by atoms with Gasteiger partial charge in [-0.25, -0.2) is 4.79 Å². The molecule has 0 saturated heterocycles. The lowest BCUT2D eigenvalue weighted by atomic mass is 10.3. The smallest absolute Gasteiger partial charge is 0.328 e. The molecule has 0 fully saturated rings. The third kappa shape index (κ3) is 3.82. The number of aryl methyl sites for hydroxylation is 2. The van der Waals surface area contributed by atoms with E-state index in [1.54, 1.807) is 23.9 Å². The predicted octanol–water partition coefficient (Wildman–Crippen LogP) is 2.45. The summed E-state index contributed by atoms with van der Waals surface area (Å²) in [6, 6.07) is 3.39. The molecule has 0 aromatic carbocycles. The molecular weight excluding hydrogens is 294 g/mol. The Balaban J connectivity index is 2.02. The summed E-state index contributed by atoms with van der Waals surface area (Å²) in [5.74, 6) is -0.444. The Bertz CT molecular complexity index is 678. The van der Waals surface area contributed by atoms with Crippen molar-refractivity contribution < 1.29 is 14.6 Å². The summed E-state index contributed by atoms with van der Waals surface area (Å²) in [6.45, 7) is 2.16. The van der Waals surface area contributed by atoms with E-state index in [-0.39, 0.29) is 0 Å². The molecule has 0 saturated carbocycles. The highest BCUT2D eigenvalue weighted by Crippen LogP contribution is 2.21. The summed E-state index contributed by atoms with van der Waals surface area (Å²) in [5, 5.41) is 13.3. The first-order chi connectivity index (χ1) is 9.97. The Labute approximate surface area is 126 Å². The number of carboxylic acid groups (broad SMARTS) is 1. The normalized spacial score (nSPS) is 11.0. The molecule has 0 aliphatic heterocycles. The van der Waals surface area contributed by atoms with Gasteiger partial charge in [0.05, 0.1) is 17.6 Å². The number of ether oxygens (including phenoxy) is 1. The lowest BCUT2D eigenvalue weighted by Crippen LogP contribution is -1.98. The van der Waals surface area contributed by atoms with Crippen molar-refractivity contribution in [3.63, 3.8) is 0 Å². The van der Waals surface area contributed by atoms with E-state index >= 15 is 0 Å². The van der Waals surface area contributed by atoms with Crippen LogP contribution in [0.25, 0.3) is 6.08 Å². The highest BCUT2D eigenvalue weighted by Gasteiger charge is 2.11. The minimum Gasteiger partial charge on any atom is -0.487 e. The Hall–Kier alpha value is -2.34. The van der Waals surface area contributed by atoms with Crippen LogP contribution >= 0.6 is 11.6 Å². The summed E-state index contributed by atoms with van der Waals surface area (Å²) in [6.07, 6.45) is 3.97. The minimum atomic E-state index is -1.01. The molecule has 0 aliphatic rings. The zero-order valence-corrected chi connectivity index (χ0v) is 12.3. The van der Waals surface area contributed by atoms with Crippen LogP contribution in [0.4, 0.5) is 0 Å². The molecular formula is C14H14ClN3O3. The van der Waals surface area contributed by atoms with Crippen molar-refractivity contribution in [1.82, 2.24) is 14.8 Å². The maximum Gasteiger partial charge on any atom is 0.328 e. The van der Waals surface area contributed by atoms with Crippen molar-refractivity contribution in [2.24, 2.45) is 7.05 Å². The number of hydrogen-bond acceptors (Lipinski definition) is 4. The van der Waals surface area contributed by atoms with Gasteiger partial charge in [-0.3, -0.25) is 9.67 Å². The van der Waals surface area contributed by atoms with Gasteiger partial charge < -0.3 is 9.84 Å². The standard InChI is InChI=1S/C14H14ClN3O3/c1-9-12(14(15)18(2)17-9)8-21-11-5-3-10(16-7-11)4-6-13(19)20/h3-7H,8H2,1-2H3,(H,19,20)/b6-4+. The van der Waals surface area contributed by atoms with Gasteiger partial charge in [-0.15, -0.1) is 0 Å². The lowest BCUT2D eigenvalue weighted by molar-refractivity contribution is -0.131. The monoisotopic (exact) mass is 307 g/mol. The second kappa shape index (κ2) is 6.41. The van der Waals surface area contributed by atoms with Crippen LogP contribution < -0.4 is 4.74 Å². The molecule has 0 bridgehead atoms. The molecule has 2 aromatic rings. The molecule has 0 aliphatic carbocycles. The van der Waals surface area contributed by atoms with Gasteiger partial charge in [-0.1, -0.05) is 11.6 Å². The van der Waals surface area contributed by atoms with E-state index in [4.69, 9.17) is 21.4 Å². The van der Waals surface area contributed by atoms with E-state index in [1.165, 1.54) is 12.3 Å². The molecule has 0 atom stereocenters. The van der Waals surface area contributed by atoms with Crippen molar-refractivity contribution >= 4 is 23.6 Å². The Morgan fingerprint density at radius 1 is 1.52 bits per heavy atom. The fraction of sp³-hybridized carbons (Fsp3) is 0.214. The topological polar surface area (TPSA) is 77.2 Å². The number of carboxylic acids is 1. The average molecular weight is 308 g/mol. The molecule has 0 spiro atoms. The van der Waals surface area contributed by atoms with Crippen LogP contribution in [0.15, 0.2) is 24.4 Å². The van der Waals surface area contributed by atoms with E-state index in [2.05, 4.69) is 10.1 Å². The molecule has 21 heavy (non-hydrogen) atoms. The summed E-state index contributed by atoms with van der Waals surface area (Å²) in [5.41, 5.74) is 2.19. The number of aliphatic carboxylic acids is 1. The van der Waals surface area contributed by atoms with Gasteiger partial charge in [-0.05, 0) is 25.1 Å². The van der Waals surface area contributed by atoms with Crippen molar-refractivity contribution in [3.8, 4) is 5.75 Å². The van der Waals surface area contributed by atoms with Crippen molar-refractivity contribution in [2.45, 2.75) is 13.5 Å². The van der Waals surface area contributed by atoms with E-state index in [0.29, 0.717) is 23.2 Å². The van der Waals surface area contributed by atoms with Crippen LogP contribution in [-0.4, -0.2) is 25.8 Å². The molecule has 0 amide bonds. The number of rotatable bonds is 5. The molecule has 7 heteroatoms. The third-order valence-corrected chi connectivity index (χ3v) is 3.28. The number of pyridine rings is 1. The number of aromatic nitrogens is 3. The minimum absolute atomic E-state index is 0.296. The molecule has 1 N–H and O–H groups in total. The summed E-state index contributed by atoms with van der Waals surface area (Å²) in [4.78, 5) is 14.5. The molecule has 0 unspecified atom stereocenters. The molecule has 6 nitrogen and oxygen atoms in total. The fourth-order valence-electron chi connectivity index (χ4n) is 1.73. The summed E-state index contributed by atoms with van der Waals surface area (Å²) >= 11 is 6.12. The van der Waals surface area contributed by atoms with Gasteiger partial charge in [0.1, 0.15) is 17.5 Å². The number of nitrogens with zero attached hydrogens (tertiary/aromatic N) is 3. The van der Waals surface area contributed by atoms with Gasteiger partial charge in [0.15, 0.2) is 0 Å². The maximum absolute atomic E-state index is 10.4. The Morgan fingerprint density at radius 3 is 2.81 bits per heavy atom. The highest BCUT2D eigenvalue weighted by molar-refractivity contribution is 6.30. The molecule has 2 heterocycles. The fourth-order valence-corrected chi connectivity index (χ4v) is 1.95. The SMILES string of the molecule is Cc1nn(C)c(Cl)c1COc1ccc(/C=C/C(=O)O)nc1. The number of halogens is 1. The third-order valence-electron chi connectivity index (χ3n) is 2.81. The van der Waals surface area contributed by atoms with Crippen LogP contribution in [0.5, 0.6) is 5.75 Å². The number of hydrogen-bond donors (Lipinski definition) is 1. The summed E-state index contributed by atoms with van der Waals surface area (Å²) in [7, 11) is 1.77. The van der Waals surface area contributed by atoms with E-state index in [0.717, 1.165) is 17.3 Å². The lowest BCUT2D eigenvalue weighted by Gasteiger charge is -2.05. The quantitative estimate of drug-likeness (QED) is 0.859. The largest absolute Gasteiger partial charge is 0.487 e. The second-order valence-electron chi connectivity index (χ2n) is 4.36. The van der Waals surface area contributed by atoms with Crippen LogP contribution in [-0.2, 0) is 18.4 Å². The maximum atomic E-state index is 10.4. The molecule has 0 radical (unpaired) electrons. The van der Waals surface area contributed by atoms with Gasteiger partial charge >= 0.3 is 5.97 Å². The van der Waals surface area contributed by atoms with Crippen LogP contribution in [0.2, 0.25) is 5.15 Å². The zero-order chi connectivity index (χ0) is 15.4. The first-order valence-electron chi connectivity index (χ1n) is 6.15. The molecule has 2 rings (SSSR count). The van der Waals surface area contributed by atoms with Crippen LogP contribution in [0.1, 0.15) is 17.0 Å².